The number of hydrogen-bond donors (Lipinski definition) is 3. The molecular weight excluding hydrogens is 598 g/mol. The molecule has 3 amide bonds. The van der Waals surface area contributed by atoms with Gasteiger partial charge in [-0.05, 0) is 48.0 Å². The summed E-state index contributed by atoms with van der Waals surface area (Å²) in [6, 6.07) is 18.6. The van der Waals surface area contributed by atoms with E-state index in [1.54, 1.807) is 48.5 Å². The number of nitrogens with zero attached hydrogens (tertiary/aromatic N) is 2. The zero-order chi connectivity index (χ0) is 31.0. The fraction of sp³-hybridized carbons (Fsp3) is 0.286. The average molecular weight is 632 g/mol. The number of nitrogens with one attached hydrogen (secondary N) is 3. The topological polar surface area (TPSA) is 163 Å². The van der Waals surface area contributed by atoms with E-state index in [9.17, 15) is 26.4 Å². The molecule has 1 heterocycles. The minimum atomic E-state index is -4.52. The Labute approximate surface area is 251 Å². The number of methoxy groups -OCH3 is 1. The molecule has 3 aromatic rings. The molecule has 1 aliphatic rings. The number of anilines is 2. The van der Waals surface area contributed by atoms with Crippen LogP contribution in [0.25, 0.3) is 0 Å². The lowest BCUT2D eigenvalue weighted by molar-refractivity contribution is -0.120. The zero-order valence-corrected chi connectivity index (χ0v) is 25.2. The Bertz CT molecular complexity index is 1630. The Kier molecular flexibility index (Phi) is 10.2. The van der Waals surface area contributed by atoms with Gasteiger partial charge in [0, 0.05) is 32.2 Å². The third-order valence-corrected chi connectivity index (χ3v) is 9.45. The lowest BCUT2D eigenvalue weighted by Gasteiger charge is -2.26. The standard InChI is InChI=1S/C28H33N5O8S2/c1-32(23-11-13-24(40-2)14-12-23)27(34)26(19-21-7-4-3-5-8-21)29-28(35)31-43(38,39)30-22-9-6-10-25(20-22)42(36,37)33-15-17-41-18-16-33/h3-14,20,26,30H,15-19H2,1-2H3,(H2,29,31,35)/t26-/m0/s1. The van der Waals surface area contributed by atoms with Gasteiger partial charge in [0.1, 0.15) is 11.8 Å². The molecule has 0 radical (unpaired) electrons. The third-order valence-electron chi connectivity index (χ3n) is 6.60. The Morgan fingerprint density at radius 1 is 0.953 bits per heavy atom. The number of urea groups is 1. The van der Waals surface area contributed by atoms with Crippen molar-refractivity contribution in [2.75, 3.05) is 50.1 Å². The first-order valence-electron chi connectivity index (χ1n) is 13.2. The van der Waals surface area contributed by atoms with E-state index in [1.807, 2.05) is 10.8 Å². The molecule has 4 rings (SSSR count). The van der Waals surface area contributed by atoms with Gasteiger partial charge in [0.2, 0.25) is 15.9 Å². The van der Waals surface area contributed by atoms with E-state index in [0.717, 1.165) is 11.6 Å². The minimum Gasteiger partial charge on any atom is -0.497 e. The maximum atomic E-state index is 13.5. The summed E-state index contributed by atoms with van der Waals surface area (Å²) >= 11 is 0. The highest BCUT2D eigenvalue weighted by Crippen LogP contribution is 2.22. The van der Waals surface area contributed by atoms with Gasteiger partial charge < -0.3 is 19.7 Å². The molecule has 15 heteroatoms. The maximum Gasteiger partial charge on any atom is 0.330 e. The fourth-order valence-electron chi connectivity index (χ4n) is 4.36. The van der Waals surface area contributed by atoms with E-state index in [2.05, 4.69) is 10.0 Å². The normalized spacial score (nSPS) is 14.7. The summed E-state index contributed by atoms with van der Waals surface area (Å²) in [5.41, 5.74) is 1.20. The monoisotopic (exact) mass is 631 g/mol. The molecule has 0 bridgehead atoms. The molecule has 0 unspecified atom stereocenters. The Balaban J connectivity index is 1.47. The molecular formula is C28H33N5O8S2. The lowest BCUT2D eigenvalue weighted by atomic mass is 10.0. The molecule has 3 aromatic carbocycles. The second-order valence-corrected chi connectivity index (χ2v) is 12.9. The van der Waals surface area contributed by atoms with Crippen molar-refractivity contribution < 1.29 is 35.9 Å². The SMILES string of the molecule is COc1ccc(N(C)C(=O)[C@H](Cc2ccccc2)NC(=O)NS(=O)(=O)Nc2cccc(S(=O)(=O)N3CCOCC3)c2)cc1. The summed E-state index contributed by atoms with van der Waals surface area (Å²) in [5, 5.41) is 2.46. The van der Waals surface area contributed by atoms with Crippen molar-refractivity contribution in [3.8, 4) is 5.75 Å². The minimum absolute atomic E-state index is 0.0780. The van der Waals surface area contributed by atoms with Gasteiger partial charge in [-0.15, -0.1) is 0 Å². The van der Waals surface area contributed by atoms with Gasteiger partial charge in [0.25, 0.3) is 0 Å². The van der Waals surface area contributed by atoms with Gasteiger partial charge in [0.15, 0.2) is 0 Å². The van der Waals surface area contributed by atoms with Gasteiger partial charge in [-0.25, -0.2) is 17.9 Å². The summed E-state index contributed by atoms with van der Waals surface area (Å²) in [7, 11) is -5.35. The molecule has 1 atom stereocenters. The number of ether oxygens (including phenoxy) is 2. The highest BCUT2D eigenvalue weighted by Gasteiger charge is 2.29. The molecule has 3 N–H and O–H groups in total. The summed E-state index contributed by atoms with van der Waals surface area (Å²) in [6.07, 6.45) is 0.0858. The highest BCUT2D eigenvalue weighted by molar-refractivity contribution is 7.91. The molecule has 1 fully saturated rings. The second-order valence-electron chi connectivity index (χ2n) is 9.56. The van der Waals surface area contributed by atoms with Crippen LogP contribution < -0.4 is 24.4 Å². The van der Waals surface area contributed by atoms with Crippen molar-refractivity contribution in [3.63, 3.8) is 0 Å². The number of benzene rings is 3. The first-order valence-corrected chi connectivity index (χ1v) is 16.2. The number of carbonyl (C=O) groups is 2. The summed E-state index contributed by atoms with van der Waals surface area (Å²) in [5.74, 6) is 0.112. The molecule has 0 saturated carbocycles. The molecule has 230 valence electrons. The molecule has 13 nitrogen and oxygen atoms in total. The van der Waals surface area contributed by atoms with Crippen LogP contribution in [0.3, 0.4) is 0 Å². The van der Waals surface area contributed by atoms with E-state index >= 15 is 0 Å². The van der Waals surface area contributed by atoms with Gasteiger partial charge in [-0.3, -0.25) is 9.52 Å². The average Bonchev–Trinajstić information content (AvgIpc) is 3.00. The van der Waals surface area contributed by atoms with Crippen molar-refractivity contribution in [1.29, 1.82) is 0 Å². The van der Waals surface area contributed by atoms with E-state index < -0.39 is 38.2 Å². The van der Waals surface area contributed by atoms with E-state index in [4.69, 9.17) is 9.47 Å². The second kappa shape index (κ2) is 13.9. The lowest BCUT2D eigenvalue weighted by Crippen LogP contribution is -2.53. The van der Waals surface area contributed by atoms with Crippen LogP contribution in [-0.4, -0.2) is 79.6 Å². The van der Waals surface area contributed by atoms with Crippen molar-refractivity contribution in [2.45, 2.75) is 17.4 Å². The molecule has 0 aromatic heterocycles. The maximum absolute atomic E-state index is 13.5. The van der Waals surface area contributed by atoms with Crippen molar-refractivity contribution in [2.24, 2.45) is 0 Å². The largest absolute Gasteiger partial charge is 0.497 e. The van der Waals surface area contributed by atoms with Crippen LogP contribution in [0.2, 0.25) is 0 Å². The quantitative estimate of drug-likeness (QED) is 0.289. The van der Waals surface area contributed by atoms with Crippen LogP contribution in [0, 0.1) is 0 Å². The zero-order valence-electron chi connectivity index (χ0n) is 23.6. The van der Waals surface area contributed by atoms with Crippen LogP contribution in [0.1, 0.15) is 5.56 Å². The molecule has 1 saturated heterocycles. The van der Waals surface area contributed by atoms with Gasteiger partial charge in [0.05, 0.1) is 30.9 Å². The number of carbonyl (C=O) groups excluding carboxylic acids is 2. The summed E-state index contributed by atoms with van der Waals surface area (Å²) < 4.78 is 67.2. The molecule has 0 spiro atoms. The van der Waals surface area contributed by atoms with Crippen LogP contribution in [0.4, 0.5) is 16.2 Å². The predicted molar refractivity (Wildman–Crippen MR) is 161 cm³/mol. The number of rotatable bonds is 11. The number of sulfonamides is 1. The first-order chi connectivity index (χ1) is 20.5. The summed E-state index contributed by atoms with van der Waals surface area (Å²) in [4.78, 5) is 27.6. The number of likely N-dealkylation sites (N-methyl/N-ethyl adjacent to an activating group) is 1. The Hall–Kier alpha value is -4.18. The molecule has 0 aliphatic carbocycles. The van der Waals surface area contributed by atoms with Crippen molar-refractivity contribution in [3.05, 3.63) is 84.4 Å². The number of amides is 3. The first kappa shape index (κ1) is 31.7. The highest BCUT2D eigenvalue weighted by atomic mass is 32.2. The summed E-state index contributed by atoms with van der Waals surface area (Å²) in [6.45, 7) is 0.871. The van der Waals surface area contributed by atoms with Crippen molar-refractivity contribution >= 4 is 43.5 Å². The molecule has 43 heavy (non-hydrogen) atoms. The Morgan fingerprint density at radius 2 is 1.63 bits per heavy atom. The van der Waals surface area contributed by atoms with E-state index in [0.29, 0.717) is 11.4 Å². The predicted octanol–water partition coefficient (Wildman–Crippen LogP) is 1.95. The molecule has 1 aliphatic heterocycles. The van der Waals surface area contributed by atoms with Crippen LogP contribution in [0.15, 0.2) is 83.8 Å². The van der Waals surface area contributed by atoms with Gasteiger partial charge >= 0.3 is 16.2 Å². The van der Waals surface area contributed by atoms with Gasteiger partial charge in [-0.2, -0.15) is 12.7 Å². The van der Waals surface area contributed by atoms with Gasteiger partial charge in [-0.1, -0.05) is 36.4 Å². The van der Waals surface area contributed by atoms with Crippen LogP contribution >= 0.6 is 0 Å². The third kappa shape index (κ3) is 8.44. The smallest absolute Gasteiger partial charge is 0.330 e. The van der Waals surface area contributed by atoms with E-state index in [1.165, 1.54) is 41.6 Å². The van der Waals surface area contributed by atoms with Crippen molar-refractivity contribution in [1.82, 2.24) is 14.3 Å². The number of morpholine rings is 1. The number of hydrogen-bond acceptors (Lipinski definition) is 8. The van der Waals surface area contributed by atoms with E-state index in [-0.39, 0.29) is 43.3 Å². The Morgan fingerprint density at radius 3 is 2.28 bits per heavy atom. The fourth-order valence-corrected chi connectivity index (χ4v) is 6.61. The van der Waals surface area contributed by atoms with Crippen LogP contribution in [0.5, 0.6) is 5.75 Å². The van der Waals surface area contributed by atoms with Crippen LogP contribution in [-0.2, 0) is 36.2 Å².